The molecular formula is C12H13N3. The second kappa shape index (κ2) is 4.17. The Morgan fingerprint density at radius 1 is 1.00 bits per heavy atom. The van der Waals surface area contributed by atoms with Gasteiger partial charge in [-0.3, -0.25) is 4.98 Å². The van der Waals surface area contributed by atoms with E-state index in [1.165, 1.54) is 0 Å². The number of nitrogens with zero attached hydrogens (tertiary/aromatic N) is 3. The summed E-state index contributed by atoms with van der Waals surface area (Å²) >= 11 is 0. The molecule has 76 valence electrons. The molecule has 2 heterocycles. The van der Waals surface area contributed by atoms with Crippen molar-refractivity contribution in [3.05, 3.63) is 42.4 Å². The largest absolute Gasteiger partial charge is 0.253 e. The minimum atomic E-state index is 0.461. The zero-order chi connectivity index (χ0) is 10.7. The third-order valence-corrected chi connectivity index (χ3v) is 2.23. The fourth-order valence-corrected chi connectivity index (χ4v) is 1.26. The molecule has 3 heteroatoms. The topological polar surface area (TPSA) is 38.7 Å². The first kappa shape index (κ1) is 9.77. The lowest BCUT2D eigenvalue weighted by atomic mass is 10.1. The molecule has 2 rings (SSSR count). The predicted molar refractivity (Wildman–Crippen MR) is 59.4 cm³/mol. The van der Waals surface area contributed by atoms with Gasteiger partial charge in [0.25, 0.3) is 0 Å². The Kier molecular flexibility index (Phi) is 2.72. The molecule has 0 bridgehead atoms. The van der Waals surface area contributed by atoms with Crippen molar-refractivity contribution in [1.82, 2.24) is 15.0 Å². The maximum absolute atomic E-state index is 4.30. The molecule has 0 aliphatic carbocycles. The Morgan fingerprint density at radius 2 is 1.73 bits per heavy atom. The van der Waals surface area contributed by atoms with Crippen molar-refractivity contribution >= 4 is 0 Å². The average molecular weight is 199 g/mol. The molecule has 2 aromatic heterocycles. The molecule has 0 aromatic carbocycles. The monoisotopic (exact) mass is 199 g/mol. The molecule has 0 aliphatic heterocycles. The average Bonchev–Trinajstić information content (AvgIpc) is 2.30. The van der Waals surface area contributed by atoms with Crippen molar-refractivity contribution in [2.75, 3.05) is 0 Å². The van der Waals surface area contributed by atoms with Crippen LogP contribution in [0.1, 0.15) is 25.3 Å². The van der Waals surface area contributed by atoms with Gasteiger partial charge < -0.3 is 0 Å². The van der Waals surface area contributed by atoms with Crippen LogP contribution in [0, 0.1) is 0 Å². The molecule has 0 saturated heterocycles. The van der Waals surface area contributed by atoms with E-state index in [9.17, 15) is 0 Å². The molecule has 15 heavy (non-hydrogen) atoms. The first-order valence-electron chi connectivity index (χ1n) is 5.00. The van der Waals surface area contributed by atoms with Crippen molar-refractivity contribution in [1.29, 1.82) is 0 Å². The second-order valence-electron chi connectivity index (χ2n) is 3.71. The van der Waals surface area contributed by atoms with Crippen molar-refractivity contribution in [2.45, 2.75) is 19.8 Å². The van der Waals surface area contributed by atoms with Crippen LogP contribution >= 0.6 is 0 Å². The summed E-state index contributed by atoms with van der Waals surface area (Å²) in [5.74, 6) is 1.14. The van der Waals surface area contributed by atoms with E-state index >= 15 is 0 Å². The van der Waals surface area contributed by atoms with Crippen molar-refractivity contribution in [3.8, 4) is 11.5 Å². The Hall–Kier alpha value is -1.77. The molecule has 0 N–H and O–H groups in total. The molecule has 0 saturated carbocycles. The van der Waals surface area contributed by atoms with Gasteiger partial charge >= 0.3 is 0 Å². The van der Waals surface area contributed by atoms with Gasteiger partial charge in [0.05, 0.1) is 0 Å². The second-order valence-corrected chi connectivity index (χ2v) is 3.71. The van der Waals surface area contributed by atoms with E-state index in [-0.39, 0.29) is 0 Å². The number of hydrogen-bond acceptors (Lipinski definition) is 3. The highest BCUT2D eigenvalue weighted by molar-refractivity contribution is 5.47. The quantitative estimate of drug-likeness (QED) is 0.746. The molecule has 3 nitrogen and oxygen atoms in total. The Balaban J connectivity index is 2.32. The summed E-state index contributed by atoms with van der Waals surface area (Å²) in [4.78, 5) is 12.8. The molecule has 0 unspecified atom stereocenters. The number of aromatic nitrogens is 3. The number of rotatable bonds is 2. The number of hydrogen-bond donors (Lipinski definition) is 0. The lowest BCUT2D eigenvalue weighted by molar-refractivity contribution is 0.846. The third-order valence-electron chi connectivity index (χ3n) is 2.23. The summed E-state index contributed by atoms with van der Waals surface area (Å²) in [6, 6.07) is 5.72. The van der Waals surface area contributed by atoms with Crippen LogP contribution in [0.3, 0.4) is 0 Å². The number of pyridine rings is 1. The first-order valence-corrected chi connectivity index (χ1v) is 5.00. The highest BCUT2D eigenvalue weighted by Gasteiger charge is 2.03. The van der Waals surface area contributed by atoms with E-state index in [1.807, 2.05) is 30.6 Å². The normalized spacial score (nSPS) is 10.6. The Morgan fingerprint density at radius 3 is 2.27 bits per heavy atom. The van der Waals surface area contributed by atoms with Gasteiger partial charge in [0.2, 0.25) is 0 Å². The van der Waals surface area contributed by atoms with Crippen LogP contribution in [0.25, 0.3) is 11.5 Å². The van der Waals surface area contributed by atoms with Crippen LogP contribution in [0.4, 0.5) is 0 Å². The summed E-state index contributed by atoms with van der Waals surface area (Å²) in [5.41, 5.74) is 1.96. The van der Waals surface area contributed by atoms with Crippen molar-refractivity contribution in [2.24, 2.45) is 0 Å². The highest BCUT2D eigenvalue weighted by Crippen LogP contribution is 2.14. The van der Waals surface area contributed by atoms with E-state index in [1.54, 1.807) is 6.20 Å². The molecular weight excluding hydrogens is 186 g/mol. The maximum atomic E-state index is 4.30. The Labute approximate surface area is 89.2 Å². The Bertz CT molecular complexity index is 420. The summed E-state index contributed by atoms with van der Waals surface area (Å²) in [7, 11) is 0. The van der Waals surface area contributed by atoms with Crippen LogP contribution in [0.2, 0.25) is 0 Å². The van der Waals surface area contributed by atoms with E-state index in [4.69, 9.17) is 0 Å². The molecule has 0 fully saturated rings. The molecule has 0 atom stereocenters. The SMILES string of the molecule is CC(C)c1cnc(-c2ccccn2)nc1. The summed E-state index contributed by atoms with van der Waals surface area (Å²) in [6.07, 6.45) is 5.47. The molecule has 0 radical (unpaired) electrons. The summed E-state index contributed by atoms with van der Waals surface area (Å²) < 4.78 is 0. The van der Waals surface area contributed by atoms with E-state index in [0.29, 0.717) is 11.7 Å². The van der Waals surface area contributed by atoms with E-state index in [0.717, 1.165) is 11.3 Å². The van der Waals surface area contributed by atoms with Gasteiger partial charge in [-0.05, 0) is 23.6 Å². The third kappa shape index (κ3) is 2.18. The van der Waals surface area contributed by atoms with Crippen LogP contribution < -0.4 is 0 Å². The van der Waals surface area contributed by atoms with Crippen molar-refractivity contribution < 1.29 is 0 Å². The van der Waals surface area contributed by atoms with Gasteiger partial charge in [-0.15, -0.1) is 0 Å². The van der Waals surface area contributed by atoms with E-state index in [2.05, 4.69) is 28.8 Å². The fourth-order valence-electron chi connectivity index (χ4n) is 1.26. The minimum Gasteiger partial charge on any atom is -0.253 e. The van der Waals surface area contributed by atoms with Gasteiger partial charge in [-0.25, -0.2) is 9.97 Å². The smallest absolute Gasteiger partial charge is 0.178 e. The fraction of sp³-hybridized carbons (Fsp3) is 0.250. The highest BCUT2D eigenvalue weighted by atomic mass is 14.9. The zero-order valence-corrected chi connectivity index (χ0v) is 8.88. The molecule has 0 amide bonds. The van der Waals surface area contributed by atoms with Gasteiger partial charge in [0.15, 0.2) is 5.82 Å². The molecule has 0 aliphatic rings. The summed E-state index contributed by atoms with van der Waals surface area (Å²) in [5, 5.41) is 0. The lowest BCUT2D eigenvalue weighted by Crippen LogP contribution is -1.95. The zero-order valence-electron chi connectivity index (χ0n) is 8.88. The standard InChI is InChI=1S/C12H13N3/c1-9(2)10-7-14-12(15-8-10)11-5-3-4-6-13-11/h3-9H,1-2H3. The van der Waals surface area contributed by atoms with Crippen LogP contribution in [-0.4, -0.2) is 15.0 Å². The van der Waals surface area contributed by atoms with E-state index < -0.39 is 0 Å². The minimum absolute atomic E-state index is 0.461. The lowest BCUT2D eigenvalue weighted by Gasteiger charge is -2.04. The predicted octanol–water partition coefficient (Wildman–Crippen LogP) is 2.66. The first-order chi connectivity index (χ1) is 7.27. The molecule has 0 spiro atoms. The molecule has 2 aromatic rings. The van der Waals surface area contributed by atoms with Crippen LogP contribution in [0.15, 0.2) is 36.8 Å². The van der Waals surface area contributed by atoms with Crippen LogP contribution in [0.5, 0.6) is 0 Å². The van der Waals surface area contributed by atoms with Gasteiger partial charge in [0, 0.05) is 18.6 Å². The summed E-state index contributed by atoms with van der Waals surface area (Å²) in [6.45, 7) is 4.25. The van der Waals surface area contributed by atoms with Gasteiger partial charge in [-0.2, -0.15) is 0 Å². The maximum Gasteiger partial charge on any atom is 0.178 e. The van der Waals surface area contributed by atoms with Gasteiger partial charge in [0.1, 0.15) is 5.69 Å². The van der Waals surface area contributed by atoms with Crippen molar-refractivity contribution in [3.63, 3.8) is 0 Å². The van der Waals surface area contributed by atoms with Crippen LogP contribution in [-0.2, 0) is 0 Å². The van der Waals surface area contributed by atoms with Gasteiger partial charge in [-0.1, -0.05) is 19.9 Å².